The van der Waals surface area contributed by atoms with Gasteiger partial charge in [-0.05, 0) is 59.7 Å². The maximum atomic E-state index is 11.6. The van der Waals surface area contributed by atoms with Gasteiger partial charge in [0.25, 0.3) is 0 Å². The summed E-state index contributed by atoms with van der Waals surface area (Å²) in [5, 5.41) is 11.6. The summed E-state index contributed by atoms with van der Waals surface area (Å²) in [7, 11) is 0. The van der Waals surface area contributed by atoms with Gasteiger partial charge in [0.05, 0.1) is 0 Å². The van der Waals surface area contributed by atoms with Crippen molar-refractivity contribution in [1.82, 2.24) is 10.2 Å². The maximum Gasteiger partial charge on any atom is 0.408 e. The molecule has 0 spiro atoms. The van der Waals surface area contributed by atoms with Crippen LogP contribution in [0.15, 0.2) is 0 Å². The average Bonchev–Trinajstić information content (AvgIpc) is 2.35. The van der Waals surface area contributed by atoms with Crippen LogP contribution in [0.25, 0.3) is 0 Å². The quantitative estimate of drug-likeness (QED) is 0.640. The van der Waals surface area contributed by atoms with Crippen molar-refractivity contribution in [2.75, 3.05) is 19.6 Å². The summed E-state index contributed by atoms with van der Waals surface area (Å²) in [6, 6.07) is -0.892. The van der Waals surface area contributed by atoms with Crippen molar-refractivity contribution in [2.24, 2.45) is 0 Å². The number of hydrogen-bond acceptors (Lipinski definition) is 4. The van der Waals surface area contributed by atoms with E-state index < -0.39 is 23.7 Å². The molecule has 0 aliphatic rings. The molecular weight excluding hydrogens is 272 g/mol. The molecule has 6 heteroatoms. The monoisotopic (exact) mass is 302 g/mol. The van der Waals surface area contributed by atoms with E-state index in [1.807, 2.05) is 0 Å². The Bertz CT molecular complexity index is 322. The zero-order chi connectivity index (χ0) is 16.5. The molecule has 2 N–H and O–H groups in total. The van der Waals surface area contributed by atoms with Crippen LogP contribution in [0.4, 0.5) is 4.79 Å². The van der Waals surface area contributed by atoms with Gasteiger partial charge in [-0.1, -0.05) is 13.8 Å². The number of aliphatic carboxylic acids is 1. The standard InChI is InChI=1S/C15H30N2O4/c1-6-17(7-2)11-9-8-10-12(13(18)19)16-14(20)21-15(3,4)5/h12H,6-11H2,1-5H3,(H,16,20)(H,18,19)/t12-/m0/s1. The second kappa shape index (κ2) is 9.60. The van der Waals surface area contributed by atoms with E-state index >= 15 is 0 Å². The molecule has 0 aromatic heterocycles. The van der Waals surface area contributed by atoms with Crippen molar-refractivity contribution < 1.29 is 19.4 Å². The Labute approximate surface area is 127 Å². The Balaban J connectivity index is 4.14. The largest absolute Gasteiger partial charge is 0.480 e. The van der Waals surface area contributed by atoms with Gasteiger partial charge in [-0.2, -0.15) is 0 Å². The third kappa shape index (κ3) is 10.1. The van der Waals surface area contributed by atoms with E-state index in [2.05, 4.69) is 24.1 Å². The van der Waals surface area contributed by atoms with Crippen LogP contribution in [0.3, 0.4) is 0 Å². The van der Waals surface area contributed by atoms with E-state index in [1.54, 1.807) is 20.8 Å². The SMILES string of the molecule is CCN(CC)CCCC[C@H](NC(=O)OC(C)(C)C)C(=O)O. The van der Waals surface area contributed by atoms with Gasteiger partial charge in [-0.15, -0.1) is 0 Å². The summed E-state index contributed by atoms with van der Waals surface area (Å²) in [5.41, 5.74) is -0.629. The number of nitrogens with zero attached hydrogens (tertiary/aromatic N) is 1. The van der Waals surface area contributed by atoms with Crippen molar-refractivity contribution >= 4 is 12.1 Å². The van der Waals surface area contributed by atoms with Crippen LogP contribution in [0.2, 0.25) is 0 Å². The molecule has 21 heavy (non-hydrogen) atoms. The lowest BCUT2D eigenvalue weighted by Crippen LogP contribution is -2.43. The molecule has 0 saturated heterocycles. The number of alkyl carbamates (subject to hydrolysis) is 1. The van der Waals surface area contributed by atoms with E-state index in [-0.39, 0.29) is 0 Å². The number of unbranched alkanes of at least 4 members (excludes halogenated alkanes) is 1. The van der Waals surface area contributed by atoms with Gasteiger partial charge < -0.3 is 20.1 Å². The highest BCUT2D eigenvalue weighted by Gasteiger charge is 2.23. The predicted molar refractivity (Wildman–Crippen MR) is 82.4 cm³/mol. The summed E-state index contributed by atoms with van der Waals surface area (Å²) < 4.78 is 5.08. The van der Waals surface area contributed by atoms with Gasteiger partial charge >= 0.3 is 12.1 Å². The number of hydrogen-bond donors (Lipinski definition) is 2. The van der Waals surface area contributed by atoms with Gasteiger partial charge in [0.2, 0.25) is 0 Å². The number of carbonyl (C=O) groups excluding carboxylic acids is 1. The van der Waals surface area contributed by atoms with Gasteiger partial charge in [-0.3, -0.25) is 0 Å². The lowest BCUT2D eigenvalue weighted by molar-refractivity contribution is -0.139. The number of rotatable bonds is 9. The van der Waals surface area contributed by atoms with Crippen molar-refractivity contribution in [3.8, 4) is 0 Å². The molecule has 0 bridgehead atoms. The predicted octanol–water partition coefficient (Wildman–Crippen LogP) is 2.48. The first-order valence-corrected chi connectivity index (χ1v) is 7.64. The van der Waals surface area contributed by atoms with Crippen molar-refractivity contribution in [3.63, 3.8) is 0 Å². The van der Waals surface area contributed by atoms with Crippen molar-refractivity contribution in [2.45, 2.75) is 65.5 Å². The fourth-order valence-electron chi connectivity index (χ4n) is 1.93. The van der Waals surface area contributed by atoms with Crippen LogP contribution in [-0.4, -0.2) is 53.3 Å². The summed E-state index contributed by atoms with van der Waals surface area (Å²) in [6.45, 7) is 12.4. The molecule has 6 nitrogen and oxygen atoms in total. The number of carbonyl (C=O) groups is 2. The first kappa shape index (κ1) is 19.7. The van der Waals surface area contributed by atoms with Crippen LogP contribution in [0.5, 0.6) is 0 Å². The van der Waals surface area contributed by atoms with Crippen LogP contribution in [0.1, 0.15) is 53.9 Å². The van der Waals surface area contributed by atoms with Crippen LogP contribution in [0, 0.1) is 0 Å². The highest BCUT2D eigenvalue weighted by atomic mass is 16.6. The molecule has 0 aliphatic carbocycles. The molecule has 0 saturated carbocycles. The second-order valence-corrected chi connectivity index (χ2v) is 6.06. The van der Waals surface area contributed by atoms with E-state index in [0.717, 1.165) is 32.5 Å². The summed E-state index contributed by atoms with van der Waals surface area (Å²) in [4.78, 5) is 25.1. The number of nitrogens with one attached hydrogen (secondary N) is 1. The number of ether oxygens (including phenoxy) is 1. The van der Waals surface area contributed by atoms with Crippen LogP contribution >= 0.6 is 0 Å². The van der Waals surface area contributed by atoms with Crippen molar-refractivity contribution in [1.29, 1.82) is 0 Å². The normalized spacial score (nSPS) is 13.0. The molecule has 1 amide bonds. The van der Waals surface area contributed by atoms with Gasteiger partial charge in [0.15, 0.2) is 0 Å². The Hall–Kier alpha value is -1.30. The molecule has 0 heterocycles. The number of carboxylic acid groups (broad SMARTS) is 1. The highest BCUT2D eigenvalue weighted by Crippen LogP contribution is 2.08. The average molecular weight is 302 g/mol. The third-order valence-corrected chi connectivity index (χ3v) is 3.10. The number of carboxylic acids is 1. The first-order valence-electron chi connectivity index (χ1n) is 7.64. The maximum absolute atomic E-state index is 11.6. The summed E-state index contributed by atoms with van der Waals surface area (Å²) in [5.74, 6) is -1.02. The van der Waals surface area contributed by atoms with E-state index in [4.69, 9.17) is 9.84 Å². The molecule has 0 aromatic rings. The first-order chi connectivity index (χ1) is 9.69. The molecule has 0 unspecified atom stereocenters. The molecule has 0 rings (SSSR count). The molecule has 0 fully saturated rings. The molecular formula is C15H30N2O4. The van der Waals surface area contributed by atoms with Gasteiger partial charge in [-0.25, -0.2) is 9.59 Å². The Morgan fingerprint density at radius 2 is 1.76 bits per heavy atom. The minimum Gasteiger partial charge on any atom is -0.480 e. The van der Waals surface area contributed by atoms with Crippen LogP contribution in [-0.2, 0) is 9.53 Å². The van der Waals surface area contributed by atoms with Gasteiger partial charge in [0, 0.05) is 0 Å². The molecule has 0 aromatic carbocycles. The van der Waals surface area contributed by atoms with Gasteiger partial charge in [0.1, 0.15) is 11.6 Å². The molecule has 1 atom stereocenters. The minimum absolute atomic E-state index is 0.413. The minimum atomic E-state index is -1.02. The topological polar surface area (TPSA) is 78.9 Å². The fraction of sp³-hybridized carbons (Fsp3) is 0.867. The number of amides is 1. The summed E-state index contributed by atoms with van der Waals surface area (Å²) in [6.07, 6.45) is 1.40. The zero-order valence-electron chi connectivity index (χ0n) is 13.9. The Kier molecular flexibility index (Phi) is 9.01. The molecule has 124 valence electrons. The van der Waals surface area contributed by atoms with E-state index in [1.165, 1.54) is 0 Å². The third-order valence-electron chi connectivity index (χ3n) is 3.10. The lowest BCUT2D eigenvalue weighted by atomic mass is 10.1. The fourth-order valence-corrected chi connectivity index (χ4v) is 1.93. The van der Waals surface area contributed by atoms with E-state index in [9.17, 15) is 9.59 Å². The van der Waals surface area contributed by atoms with Crippen molar-refractivity contribution in [3.05, 3.63) is 0 Å². The lowest BCUT2D eigenvalue weighted by Gasteiger charge is -2.22. The Morgan fingerprint density at radius 3 is 2.19 bits per heavy atom. The second-order valence-electron chi connectivity index (χ2n) is 6.06. The Morgan fingerprint density at radius 1 is 1.19 bits per heavy atom. The van der Waals surface area contributed by atoms with E-state index in [0.29, 0.717) is 6.42 Å². The summed E-state index contributed by atoms with van der Waals surface area (Å²) >= 11 is 0. The highest BCUT2D eigenvalue weighted by molar-refractivity contribution is 5.79. The smallest absolute Gasteiger partial charge is 0.408 e. The van der Waals surface area contributed by atoms with Crippen LogP contribution < -0.4 is 5.32 Å². The molecule has 0 aliphatic heterocycles. The zero-order valence-corrected chi connectivity index (χ0v) is 13.9. The molecule has 0 radical (unpaired) electrons.